The van der Waals surface area contributed by atoms with Crippen LogP contribution in [-0.4, -0.2) is 16.6 Å². The number of pyridine rings is 1. The summed E-state index contributed by atoms with van der Waals surface area (Å²) in [6.07, 6.45) is 0. The van der Waals surface area contributed by atoms with Crippen LogP contribution in [0.4, 0.5) is 5.69 Å². The Morgan fingerprint density at radius 2 is 1.68 bits per heavy atom. The molecule has 0 atom stereocenters. The predicted octanol–water partition coefficient (Wildman–Crippen LogP) is 6.94. The molecule has 1 amide bonds. The number of nitrogens with one attached hydrogen (secondary N) is 1. The van der Waals surface area contributed by atoms with E-state index in [9.17, 15) is 10.1 Å². The number of anilines is 1. The van der Waals surface area contributed by atoms with Gasteiger partial charge in [-0.3, -0.25) is 4.79 Å². The predicted molar refractivity (Wildman–Crippen MR) is 140 cm³/mol. The molecule has 0 spiro atoms. The number of hydrogen-bond acceptors (Lipinski definition) is 4. The lowest BCUT2D eigenvalue weighted by atomic mass is 9.98. The van der Waals surface area contributed by atoms with Crippen molar-refractivity contribution in [2.24, 2.45) is 0 Å². The van der Waals surface area contributed by atoms with Crippen molar-refractivity contribution < 1.29 is 4.79 Å². The molecule has 0 saturated carbocycles. The van der Waals surface area contributed by atoms with Gasteiger partial charge in [0.15, 0.2) is 0 Å². The number of aryl methyl sites for hydroxylation is 2. The van der Waals surface area contributed by atoms with E-state index in [4.69, 9.17) is 4.98 Å². The molecule has 4 rings (SSSR count). The van der Waals surface area contributed by atoms with E-state index in [1.165, 1.54) is 11.8 Å². The highest BCUT2D eigenvalue weighted by molar-refractivity contribution is 8.00. The number of aromatic nitrogens is 1. The molecule has 0 saturated heterocycles. The molecule has 0 unspecified atom stereocenters. The Hall–Kier alpha value is -3.88. The first-order valence-electron chi connectivity index (χ1n) is 11.0. The number of carbonyl (C=O) groups excluding carboxylic acids is 1. The number of hydrogen-bond donors (Lipinski definition) is 1. The molecule has 34 heavy (non-hydrogen) atoms. The van der Waals surface area contributed by atoms with Crippen LogP contribution in [0.15, 0.2) is 83.9 Å². The molecule has 1 N–H and O–H groups in total. The quantitative estimate of drug-likeness (QED) is 0.314. The summed E-state index contributed by atoms with van der Waals surface area (Å²) in [5.74, 6) is 0.0204. The summed E-state index contributed by atoms with van der Waals surface area (Å²) in [6, 6.07) is 28.1. The minimum absolute atomic E-state index is 0.133. The SMILES string of the molecule is Cc1ccc(-c2cc(-c3ccccc3)nc(SCC(=O)Nc3cccc(C)c3C)c2C#N)cc1. The van der Waals surface area contributed by atoms with Crippen LogP contribution in [0.25, 0.3) is 22.4 Å². The Kier molecular flexibility index (Phi) is 7.10. The Morgan fingerprint density at radius 1 is 0.941 bits per heavy atom. The van der Waals surface area contributed by atoms with Crippen molar-refractivity contribution in [3.63, 3.8) is 0 Å². The number of thioether (sulfide) groups is 1. The van der Waals surface area contributed by atoms with Crippen molar-refractivity contribution in [3.05, 3.63) is 101 Å². The van der Waals surface area contributed by atoms with Gasteiger partial charge in [0.05, 0.1) is 17.0 Å². The molecule has 4 nitrogen and oxygen atoms in total. The molecule has 5 heteroatoms. The van der Waals surface area contributed by atoms with Crippen LogP contribution in [0.3, 0.4) is 0 Å². The summed E-state index contributed by atoms with van der Waals surface area (Å²) in [7, 11) is 0. The Balaban J connectivity index is 1.68. The highest BCUT2D eigenvalue weighted by atomic mass is 32.2. The fourth-order valence-electron chi connectivity index (χ4n) is 3.66. The smallest absolute Gasteiger partial charge is 0.234 e. The first kappa shape index (κ1) is 23.3. The number of amides is 1. The standard InChI is InChI=1S/C29H25N3OS/c1-19-12-14-22(15-13-19)24-16-27(23-9-5-4-6-10-23)32-29(25(24)17-30)34-18-28(33)31-26-11-7-8-20(2)21(26)3/h4-16H,18H2,1-3H3,(H,31,33). The zero-order chi connectivity index (χ0) is 24.1. The number of nitriles is 1. The third kappa shape index (κ3) is 5.19. The minimum atomic E-state index is -0.133. The summed E-state index contributed by atoms with van der Waals surface area (Å²) in [5.41, 5.74) is 8.09. The largest absolute Gasteiger partial charge is 0.325 e. The van der Waals surface area contributed by atoms with E-state index in [0.717, 1.165) is 44.8 Å². The van der Waals surface area contributed by atoms with Gasteiger partial charge in [-0.05, 0) is 49.6 Å². The van der Waals surface area contributed by atoms with Crippen molar-refractivity contribution in [2.45, 2.75) is 25.8 Å². The topological polar surface area (TPSA) is 65.8 Å². The van der Waals surface area contributed by atoms with Gasteiger partial charge in [-0.2, -0.15) is 5.26 Å². The molecule has 4 aromatic rings. The average molecular weight is 464 g/mol. The number of carbonyl (C=O) groups is 1. The lowest BCUT2D eigenvalue weighted by Gasteiger charge is -2.13. The second-order valence-electron chi connectivity index (χ2n) is 8.16. The summed E-state index contributed by atoms with van der Waals surface area (Å²) < 4.78 is 0. The third-order valence-electron chi connectivity index (χ3n) is 5.75. The van der Waals surface area contributed by atoms with Gasteiger partial charge in [-0.15, -0.1) is 0 Å². The van der Waals surface area contributed by atoms with Gasteiger partial charge in [-0.25, -0.2) is 4.98 Å². The lowest BCUT2D eigenvalue weighted by molar-refractivity contribution is -0.113. The molecule has 1 aromatic heterocycles. The zero-order valence-corrected chi connectivity index (χ0v) is 20.2. The van der Waals surface area contributed by atoms with Crippen molar-refractivity contribution in [2.75, 3.05) is 11.1 Å². The van der Waals surface area contributed by atoms with Gasteiger partial charge >= 0.3 is 0 Å². The Bertz CT molecular complexity index is 1370. The summed E-state index contributed by atoms with van der Waals surface area (Å²) in [5, 5.41) is 13.6. The van der Waals surface area contributed by atoms with E-state index in [1.807, 2.05) is 99.6 Å². The van der Waals surface area contributed by atoms with E-state index in [2.05, 4.69) is 11.4 Å². The molecule has 1 heterocycles. The highest BCUT2D eigenvalue weighted by Gasteiger charge is 2.17. The van der Waals surface area contributed by atoms with Crippen LogP contribution < -0.4 is 5.32 Å². The van der Waals surface area contributed by atoms with E-state index in [1.54, 1.807) is 0 Å². The fraction of sp³-hybridized carbons (Fsp3) is 0.138. The fourth-order valence-corrected chi connectivity index (χ4v) is 4.46. The van der Waals surface area contributed by atoms with E-state index in [-0.39, 0.29) is 11.7 Å². The first-order chi connectivity index (χ1) is 16.5. The number of rotatable bonds is 6. The molecule has 0 radical (unpaired) electrons. The van der Waals surface area contributed by atoms with Crippen LogP contribution in [-0.2, 0) is 4.79 Å². The molecule has 168 valence electrons. The molecule has 3 aromatic carbocycles. The third-order valence-corrected chi connectivity index (χ3v) is 6.72. The summed E-state index contributed by atoms with van der Waals surface area (Å²) in [6.45, 7) is 6.04. The maximum atomic E-state index is 12.8. The molecule has 0 aliphatic heterocycles. The van der Waals surface area contributed by atoms with E-state index < -0.39 is 0 Å². The minimum Gasteiger partial charge on any atom is -0.325 e. The highest BCUT2D eigenvalue weighted by Crippen LogP contribution is 2.34. The summed E-state index contributed by atoms with van der Waals surface area (Å²) >= 11 is 1.28. The summed E-state index contributed by atoms with van der Waals surface area (Å²) in [4.78, 5) is 17.5. The van der Waals surface area contributed by atoms with Crippen LogP contribution in [0.2, 0.25) is 0 Å². The van der Waals surface area contributed by atoms with Crippen LogP contribution in [0, 0.1) is 32.1 Å². The molecule has 0 aliphatic carbocycles. The second-order valence-corrected chi connectivity index (χ2v) is 9.13. The van der Waals surface area contributed by atoms with Crippen LogP contribution in [0.5, 0.6) is 0 Å². The van der Waals surface area contributed by atoms with Crippen molar-refractivity contribution in [1.29, 1.82) is 5.26 Å². The molecule has 0 fully saturated rings. The van der Waals surface area contributed by atoms with Crippen molar-refractivity contribution in [3.8, 4) is 28.5 Å². The number of benzene rings is 3. The van der Waals surface area contributed by atoms with Gasteiger partial charge in [0.25, 0.3) is 0 Å². The van der Waals surface area contributed by atoms with Gasteiger partial charge in [-0.1, -0.05) is 84.1 Å². The number of nitrogens with zero attached hydrogens (tertiary/aromatic N) is 2. The van der Waals surface area contributed by atoms with Gasteiger partial charge < -0.3 is 5.32 Å². The molecule has 0 bridgehead atoms. The van der Waals surface area contributed by atoms with Gasteiger partial charge in [0.2, 0.25) is 5.91 Å². The molecule has 0 aliphatic rings. The Morgan fingerprint density at radius 3 is 2.38 bits per heavy atom. The van der Waals surface area contributed by atoms with Crippen molar-refractivity contribution >= 4 is 23.4 Å². The first-order valence-corrected chi connectivity index (χ1v) is 12.0. The lowest BCUT2D eigenvalue weighted by Crippen LogP contribution is -2.15. The molecular formula is C29H25N3OS. The van der Waals surface area contributed by atoms with Gasteiger partial charge in [0.1, 0.15) is 11.1 Å². The van der Waals surface area contributed by atoms with E-state index in [0.29, 0.717) is 10.6 Å². The molecular weight excluding hydrogens is 438 g/mol. The van der Waals surface area contributed by atoms with Crippen LogP contribution in [0.1, 0.15) is 22.3 Å². The Labute approximate surface area is 204 Å². The maximum absolute atomic E-state index is 12.8. The zero-order valence-electron chi connectivity index (χ0n) is 19.4. The average Bonchev–Trinajstić information content (AvgIpc) is 2.86. The normalized spacial score (nSPS) is 10.5. The second kappa shape index (κ2) is 10.4. The van der Waals surface area contributed by atoms with E-state index >= 15 is 0 Å². The van der Waals surface area contributed by atoms with Crippen LogP contribution >= 0.6 is 11.8 Å². The monoisotopic (exact) mass is 463 g/mol. The van der Waals surface area contributed by atoms with Crippen molar-refractivity contribution in [1.82, 2.24) is 4.98 Å². The van der Waals surface area contributed by atoms with Gasteiger partial charge in [0, 0.05) is 16.8 Å². The maximum Gasteiger partial charge on any atom is 0.234 e.